The maximum absolute atomic E-state index is 13.0. The topological polar surface area (TPSA) is 17.1 Å². The fraction of sp³-hybridized carbons (Fsp3) is 0.133. The lowest BCUT2D eigenvalue weighted by molar-refractivity contribution is -0.137. The minimum absolute atomic E-state index is 0.327. The molecule has 5 heteroatoms. The second-order valence-electron chi connectivity index (χ2n) is 4.29. The lowest BCUT2D eigenvalue weighted by Crippen LogP contribution is -2.11. The molecule has 1 nitrogen and oxygen atoms in total. The Morgan fingerprint density at radius 2 is 1.75 bits per heavy atom. The van der Waals surface area contributed by atoms with Gasteiger partial charge >= 0.3 is 6.18 Å². The highest BCUT2D eigenvalue weighted by molar-refractivity contribution is 6.33. The van der Waals surface area contributed by atoms with E-state index in [1.165, 1.54) is 12.1 Å². The number of benzene rings is 2. The first-order valence-electron chi connectivity index (χ1n) is 5.78. The molecule has 2 aromatic carbocycles. The maximum Gasteiger partial charge on any atom is 0.417 e. The largest absolute Gasteiger partial charge is 0.417 e. The average molecular weight is 299 g/mol. The Balaban J connectivity index is 2.65. The molecule has 0 N–H and O–H groups in total. The Bertz CT molecular complexity index is 662. The Morgan fingerprint density at radius 1 is 1.10 bits per heavy atom. The highest BCUT2D eigenvalue weighted by Gasteiger charge is 2.34. The third-order valence-electron chi connectivity index (χ3n) is 2.89. The summed E-state index contributed by atoms with van der Waals surface area (Å²) in [6, 6.07) is 10.2. The number of halogens is 4. The number of rotatable bonds is 2. The highest BCUT2D eigenvalue weighted by atomic mass is 35.5. The van der Waals surface area contributed by atoms with Crippen molar-refractivity contribution in [2.45, 2.75) is 13.1 Å². The van der Waals surface area contributed by atoms with Crippen LogP contribution in [-0.2, 0) is 6.18 Å². The number of Topliss-reactive ketones (excluding diaryl/α,β-unsaturated/α-hetero) is 1. The molecule has 0 radical (unpaired) electrons. The summed E-state index contributed by atoms with van der Waals surface area (Å²) in [4.78, 5) is 11.3. The van der Waals surface area contributed by atoms with E-state index in [0.29, 0.717) is 16.1 Å². The zero-order valence-electron chi connectivity index (χ0n) is 10.5. The normalized spacial score (nSPS) is 11.4. The van der Waals surface area contributed by atoms with Crippen molar-refractivity contribution in [2.24, 2.45) is 0 Å². The fourth-order valence-electron chi connectivity index (χ4n) is 1.95. The molecule has 2 rings (SSSR count). The van der Waals surface area contributed by atoms with E-state index in [2.05, 4.69) is 0 Å². The summed E-state index contributed by atoms with van der Waals surface area (Å²) in [5, 5.41) is 0.358. The van der Waals surface area contributed by atoms with Gasteiger partial charge in [0.2, 0.25) is 0 Å². The molecule has 104 valence electrons. The molecular weight excluding hydrogens is 289 g/mol. The van der Waals surface area contributed by atoms with Gasteiger partial charge in [-0.3, -0.25) is 4.79 Å². The quantitative estimate of drug-likeness (QED) is 0.694. The van der Waals surface area contributed by atoms with E-state index in [1.807, 2.05) is 0 Å². The lowest BCUT2D eigenvalue weighted by Gasteiger charge is -2.13. The average Bonchev–Trinajstić information content (AvgIpc) is 2.37. The van der Waals surface area contributed by atoms with Crippen LogP contribution in [0.5, 0.6) is 0 Å². The first kappa shape index (κ1) is 14.6. The van der Waals surface area contributed by atoms with Crippen LogP contribution in [0.3, 0.4) is 0 Å². The molecule has 0 aliphatic heterocycles. The Morgan fingerprint density at radius 3 is 2.30 bits per heavy atom. The van der Waals surface area contributed by atoms with Gasteiger partial charge in [-0.25, -0.2) is 0 Å². The van der Waals surface area contributed by atoms with Gasteiger partial charge in [0.1, 0.15) is 0 Å². The molecule has 0 atom stereocenters. The molecule has 0 fully saturated rings. The van der Waals surface area contributed by atoms with Gasteiger partial charge in [-0.05, 0) is 24.6 Å². The fourth-order valence-corrected chi connectivity index (χ4v) is 2.19. The molecule has 0 saturated heterocycles. The van der Waals surface area contributed by atoms with Gasteiger partial charge in [0.05, 0.1) is 5.56 Å². The van der Waals surface area contributed by atoms with Crippen molar-refractivity contribution in [3.63, 3.8) is 0 Å². The van der Waals surface area contributed by atoms with Crippen LogP contribution >= 0.6 is 11.6 Å². The van der Waals surface area contributed by atoms with Crippen LogP contribution in [0, 0.1) is 0 Å². The van der Waals surface area contributed by atoms with Gasteiger partial charge in [-0.15, -0.1) is 0 Å². The Hall–Kier alpha value is -1.81. The van der Waals surface area contributed by atoms with E-state index < -0.39 is 17.5 Å². The standard InChI is InChI=1S/C15H10ClF3O/c1-9(20)11-7-6-10(8-13(11)15(17,18)19)12-4-2-3-5-14(12)16/h2-8H,1H3. The SMILES string of the molecule is CC(=O)c1ccc(-c2ccccc2Cl)cc1C(F)(F)F. The number of hydrogen-bond acceptors (Lipinski definition) is 1. The highest BCUT2D eigenvalue weighted by Crippen LogP contribution is 2.36. The van der Waals surface area contributed by atoms with Crippen LogP contribution < -0.4 is 0 Å². The van der Waals surface area contributed by atoms with E-state index in [9.17, 15) is 18.0 Å². The summed E-state index contributed by atoms with van der Waals surface area (Å²) in [5.41, 5.74) is -0.460. The molecular formula is C15H10ClF3O. The molecule has 0 bridgehead atoms. The molecule has 0 amide bonds. The summed E-state index contributed by atoms with van der Waals surface area (Å²) in [6.07, 6.45) is -4.59. The van der Waals surface area contributed by atoms with E-state index in [4.69, 9.17) is 11.6 Å². The third-order valence-corrected chi connectivity index (χ3v) is 3.22. The maximum atomic E-state index is 13.0. The van der Waals surface area contributed by atoms with Crippen molar-refractivity contribution in [2.75, 3.05) is 0 Å². The van der Waals surface area contributed by atoms with Crippen LogP contribution in [0.15, 0.2) is 42.5 Å². The zero-order valence-corrected chi connectivity index (χ0v) is 11.2. The molecule has 0 unspecified atom stereocenters. The van der Waals surface area contributed by atoms with Gasteiger partial charge in [-0.2, -0.15) is 13.2 Å². The van der Waals surface area contributed by atoms with Crippen molar-refractivity contribution in [3.05, 3.63) is 58.6 Å². The second kappa shape index (κ2) is 5.29. The van der Waals surface area contributed by atoms with Crippen LogP contribution in [0.1, 0.15) is 22.8 Å². The minimum Gasteiger partial charge on any atom is -0.294 e. The zero-order chi connectivity index (χ0) is 14.9. The molecule has 20 heavy (non-hydrogen) atoms. The summed E-state index contributed by atoms with van der Waals surface area (Å²) in [6.45, 7) is 1.11. The predicted molar refractivity (Wildman–Crippen MR) is 71.9 cm³/mol. The number of carbonyl (C=O) groups excluding carboxylic acids is 1. The molecule has 0 aromatic heterocycles. The minimum atomic E-state index is -4.59. The molecule has 0 saturated carbocycles. The van der Waals surface area contributed by atoms with Crippen LogP contribution in [0.2, 0.25) is 5.02 Å². The number of alkyl halides is 3. The van der Waals surface area contributed by atoms with Crippen LogP contribution in [0.25, 0.3) is 11.1 Å². The van der Waals surface area contributed by atoms with E-state index in [1.54, 1.807) is 24.3 Å². The number of hydrogen-bond donors (Lipinski definition) is 0. The molecule has 0 spiro atoms. The van der Waals surface area contributed by atoms with Gasteiger partial charge in [0, 0.05) is 16.1 Å². The summed E-state index contributed by atoms with van der Waals surface area (Å²) in [5.74, 6) is -0.622. The first-order valence-corrected chi connectivity index (χ1v) is 6.15. The summed E-state index contributed by atoms with van der Waals surface area (Å²) in [7, 11) is 0. The molecule has 0 aliphatic rings. The van der Waals surface area contributed by atoms with Crippen molar-refractivity contribution >= 4 is 17.4 Å². The van der Waals surface area contributed by atoms with E-state index in [-0.39, 0.29) is 5.56 Å². The summed E-state index contributed by atoms with van der Waals surface area (Å²) < 4.78 is 39.1. The molecule has 0 heterocycles. The van der Waals surface area contributed by atoms with Crippen LogP contribution in [-0.4, -0.2) is 5.78 Å². The monoisotopic (exact) mass is 298 g/mol. The van der Waals surface area contributed by atoms with Crippen molar-refractivity contribution in [1.82, 2.24) is 0 Å². The van der Waals surface area contributed by atoms with Gasteiger partial charge in [-0.1, -0.05) is 41.9 Å². The van der Waals surface area contributed by atoms with E-state index >= 15 is 0 Å². The second-order valence-corrected chi connectivity index (χ2v) is 4.70. The van der Waals surface area contributed by atoms with E-state index in [0.717, 1.165) is 13.0 Å². The first-order chi connectivity index (χ1) is 9.30. The Labute approximate surface area is 119 Å². The van der Waals surface area contributed by atoms with Gasteiger partial charge in [0.15, 0.2) is 5.78 Å². The number of carbonyl (C=O) groups is 1. The third kappa shape index (κ3) is 2.85. The molecule has 2 aromatic rings. The molecule has 0 aliphatic carbocycles. The predicted octanol–water partition coefficient (Wildman–Crippen LogP) is 5.23. The summed E-state index contributed by atoms with van der Waals surface area (Å²) >= 11 is 5.98. The van der Waals surface area contributed by atoms with Gasteiger partial charge in [0.25, 0.3) is 0 Å². The van der Waals surface area contributed by atoms with Crippen molar-refractivity contribution < 1.29 is 18.0 Å². The Kier molecular flexibility index (Phi) is 3.86. The number of ketones is 1. The van der Waals surface area contributed by atoms with Gasteiger partial charge < -0.3 is 0 Å². The smallest absolute Gasteiger partial charge is 0.294 e. The van der Waals surface area contributed by atoms with Crippen molar-refractivity contribution in [1.29, 1.82) is 0 Å². The lowest BCUT2D eigenvalue weighted by atomic mass is 9.97. The van der Waals surface area contributed by atoms with Crippen LogP contribution in [0.4, 0.5) is 13.2 Å². The van der Waals surface area contributed by atoms with Crippen molar-refractivity contribution in [3.8, 4) is 11.1 Å².